The fraction of sp³-hybridized carbons (Fsp3) is 0.227. The minimum Gasteiger partial charge on any atom is -0.352 e. The first-order chi connectivity index (χ1) is 12.2. The maximum atomic E-state index is 12.3. The Balaban J connectivity index is 1.44. The molecule has 0 bridgehead atoms. The van der Waals surface area contributed by atoms with Gasteiger partial charge in [-0.1, -0.05) is 60.7 Å². The molecule has 0 aromatic heterocycles. The van der Waals surface area contributed by atoms with E-state index in [2.05, 4.69) is 42.7 Å². The van der Waals surface area contributed by atoms with Gasteiger partial charge in [0, 0.05) is 24.1 Å². The van der Waals surface area contributed by atoms with Crippen LogP contribution in [0.5, 0.6) is 0 Å². The number of amides is 1. The molecule has 3 aromatic carbocycles. The highest BCUT2D eigenvalue weighted by atomic mass is 16.1. The molecule has 3 heteroatoms. The topological polar surface area (TPSA) is 33.5 Å². The lowest BCUT2D eigenvalue weighted by Gasteiger charge is -2.14. The molecule has 0 aliphatic carbocycles. The molecule has 1 atom stereocenters. The largest absolute Gasteiger partial charge is 0.352 e. The van der Waals surface area contributed by atoms with Crippen LogP contribution >= 0.6 is 0 Å². The zero-order valence-corrected chi connectivity index (χ0v) is 14.7. The van der Waals surface area contributed by atoms with Crippen LogP contribution in [0.3, 0.4) is 0 Å². The standard InChI is InChI=1S/C22H24N2O/c1-24(17-18-8-3-2-4-9-18)15-7-14-23-22(25)21-13-12-19-10-5-6-11-20(19)16-21/h2-6,8-13,16H,7,14-15,17H2,1H3,(H,23,25)/p+1. The van der Waals surface area contributed by atoms with Gasteiger partial charge in [0.15, 0.2) is 0 Å². The van der Waals surface area contributed by atoms with E-state index in [-0.39, 0.29) is 5.91 Å². The fourth-order valence-corrected chi connectivity index (χ4v) is 3.06. The minimum atomic E-state index is 0.00599. The second-order valence-electron chi connectivity index (χ2n) is 6.54. The quantitative estimate of drug-likeness (QED) is 0.641. The molecule has 0 radical (unpaired) electrons. The number of hydrogen-bond donors (Lipinski definition) is 2. The number of carbonyl (C=O) groups is 1. The van der Waals surface area contributed by atoms with Gasteiger partial charge in [-0.25, -0.2) is 0 Å². The Morgan fingerprint density at radius 2 is 1.64 bits per heavy atom. The van der Waals surface area contributed by atoms with Crippen LogP contribution in [0, 0.1) is 0 Å². The number of quaternary nitrogens is 1. The van der Waals surface area contributed by atoms with Crippen molar-refractivity contribution in [2.75, 3.05) is 20.1 Å². The van der Waals surface area contributed by atoms with E-state index >= 15 is 0 Å². The van der Waals surface area contributed by atoms with Crippen molar-refractivity contribution in [3.05, 3.63) is 83.9 Å². The molecule has 0 fully saturated rings. The average Bonchev–Trinajstić information content (AvgIpc) is 2.65. The van der Waals surface area contributed by atoms with Crippen molar-refractivity contribution in [1.82, 2.24) is 5.32 Å². The molecule has 0 saturated heterocycles. The maximum Gasteiger partial charge on any atom is 0.251 e. The third-order valence-corrected chi connectivity index (χ3v) is 4.43. The summed E-state index contributed by atoms with van der Waals surface area (Å²) in [6, 6.07) is 24.5. The molecule has 1 amide bonds. The predicted molar refractivity (Wildman–Crippen MR) is 103 cm³/mol. The van der Waals surface area contributed by atoms with Crippen molar-refractivity contribution in [2.45, 2.75) is 13.0 Å². The van der Waals surface area contributed by atoms with Gasteiger partial charge in [-0.2, -0.15) is 0 Å². The van der Waals surface area contributed by atoms with E-state index in [9.17, 15) is 4.79 Å². The Kier molecular flexibility index (Phi) is 5.81. The fourth-order valence-electron chi connectivity index (χ4n) is 3.06. The molecule has 0 heterocycles. The van der Waals surface area contributed by atoms with Crippen molar-refractivity contribution < 1.29 is 9.69 Å². The molecule has 3 aromatic rings. The Morgan fingerprint density at radius 3 is 2.44 bits per heavy atom. The Labute approximate surface area is 149 Å². The normalized spacial score (nSPS) is 12.0. The van der Waals surface area contributed by atoms with Crippen LogP contribution in [-0.4, -0.2) is 26.0 Å². The van der Waals surface area contributed by atoms with E-state index in [1.54, 1.807) is 0 Å². The first-order valence-electron chi connectivity index (χ1n) is 8.84. The number of benzene rings is 3. The summed E-state index contributed by atoms with van der Waals surface area (Å²) in [6.07, 6.45) is 0.970. The van der Waals surface area contributed by atoms with E-state index in [1.165, 1.54) is 10.5 Å². The van der Waals surface area contributed by atoms with Crippen LogP contribution in [-0.2, 0) is 6.54 Å². The summed E-state index contributed by atoms with van der Waals surface area (Å²) in [4.78, 5) is 13.8. The molecule has 128 valence electrons. The second-order valence-corrected chi connectivity index (χ2v) is 6.54. The minimum absolute atomic E-state index is 0.00599. The summed E-state index contributed by atoms with van der Waals surface area (Å²) in [7, 11) is 2.19. The number of carbonyl (C=O) groups excluding carboxylic acids is 1. The maximum absolute atomic E-state index is 12.3. The van der Waals surface area contributed by atoms with Crippen molar-refractivity contribution in [3.63, 3.8) is 0 Å². The smallest absolute Gasteiger partial charge is 0.251 e. The van der Waals surface area contributed by atoms with Gasteiger partial charge in [-0.15, -0.1) is 0 Å². The number of fused-ring (bicyclic) bond motifs is 1. The van der Waals surface area contributed by atoms with Crippen LogP contribution in [0.15, 0.2) is 72.8 Å². The molecule has 1 unspecified atom stereocenters. The van der Waals surface area contributed by atoms with Crippen molar-refractivity contribution >= 4 is 16.7 Å². The second kappa shape index (κ2) is 8.45. The molecule has 0 aliphatic heterocycles. The van der Waals surface area contributed by atoms with E-state index in [0.29, 0.717) is 6.54 Å². The van der Waals surface area contributed by atoms with Gasteiger partial charge in [-0.05, 0) is 22.9 Å². The lowest BCUT2D eigenvalue weighted by atomic mass is 10.1. The first-order valence-corrected chi connectivity index (χ1v) is 8.84. The molecule has 25 heavy (non-hydrogen) atoms. The molecule has 3 nitrogen and oxygen atoms in total. The van der Waals surface area contributed by atoms with Gasteiger partial charge < -0.3 is 10.2 Å². The summed E-state index contributed by atoms with van der Waals surface area (Å²) in [6.45, 7) is 2.75. The monoisotopic (exact) mass is 333 g/mol. The highest BCUT2D eigenvalue weighted by Crippen LogP contribution is 2.15. The van der Waals surface area contributed by atoms with Gasteiger partial charge in [0.25, 0.3) is 5.91 Å². The van der Waals surface area contributed by atoms with Crippen molar-refractivity contribution in [2.24, 2.45) is 0 Å². The Morgan fingerprint density at radius 1 is 0.920 bits per heavy atom. The lowest BCUT2D eigenvalue weighted by Crippen LogP contribution is -3.07. The summed E-state index contributed by atoms with van der Waals surface area (Å²) < 4.78 is 0. The lowest BCUT2D eigenvalue weighted by molar-refractivity contribution is -0.893. The number of nitrogens with one attached hydrogen (secondary N) is 2. The van der Waals surface area contributed by atoms with Gasteiger partial charge in [0.2, 0.25) is 0 Å². The molecular formula is C22H25N2O+. The van der Waals surface area contributed by atoms with E-state index in [0.717, 1.165) is 35.8 Å². The third-order valence-electron chi connectivity index (χ3n) is 4.43. The van der Waals surface area contributed by atoms with Crippen molar-refractivity contribution in [1.29, 1.82) is 0 Å². The van der Waals surface area contributed by atoms with E-state index in [4.69, 9.17) is 0 Å². The van der Waals surface area contributed by atoms with E-state index < -0.39 is 0 Å². The summed E-state index contributed by atoms with van der Waals surface area (Å²) in [5.74, 6) is 0.00599. The SMILES string of the molecule is C[NH+](CCCNC(=O)c1ccc2ccccc2c1)Cc1ccccc1. The van der Waals surface area contributed by atoms with Crippen LogP contribution in [0.25, 0.3) is 10.8 Å². The molecule has 0 spiro atoms. The first kappa shape index (κ1) is 17.2. The number of rotatable bonds is 7. The van der Waals surface area contributed by atoms with Gasteiger partial charge in [0.1, 0.15) is 6.54 Å². The van der Waals surface area contributed by atoms with E-state index in [1.807, 2.05) is 42.5 Å². The third kappa shape index (κ3) is 4.91. The summed E-state index contributed by atoms with van der Waals surface area (Å²) in [5, 5.41) is 5.29. The number of hydrogen-bond acceptors (Lipinski definition) is 1. The molecule has 3 rings (SSSR count). The zero-order chi connectivity index (χ0) is 17.5. The molecule has 2 N–H and O–H groups in total. The molecule has 0 saturated carbocycles. The zero-order valence-electron chi connectivity index (χ0n) is 14.7. The highest BCUT2D eigenvalue weighted by Gasteiger charge is 2.07. The van der Waals surface area contributed by atoms with Gasteiger partial charge in [0.05, 0.1) is 13.6 Å². The van der Waals surface area contributed by atoms with Crippen LogP contribution in [0.4, 0.5) is 0 Å². The Hall–Kier alpha value is -2.65. The summed E-state index contributed by atoms with van der Waals surface area (Å²) in [5.41, 5.74) is 2.07. The average molecular weight is 333 g/mol. The van der Waals surface area contributed by atoms with Crippen LogP contribution in [0.1, 0.15) is 22.3 Å². The van der Waals surface area contributed by atoms with Gasteiger partial charge >= 0.3 is 0 Å². The van der Waals surface area contributed by atoms with Crippen molar-refractivity contribution in [3.8, 4) is 0 Å². The summed E-state index contributed by atoms with van der Waals surface area (Å²) >= 11 is 0. The Bertz CT molecular complexity index is 830. The van der Waals surface area contributed by atoms with Crippen LogP contribution < -0.4 is 10.2 Å². The molecular weight excluding hydrogens is 308 g/mol. The predicted octanol–water partition coefficient (Wildman–Crippen LogP) is 2.67. The molecule has 0 aliphatic rings. The van der Waals surface area contributed by atoms with Gasteiger partial charge in [-0.3, -0.25) is 4.79 Å². The van der Waals surface area contributed by atoms with Crippen LogP contribution in [0.2, 0.25) is 0 Å². The highest BCUT2D eigenvalue weighted by molar-refractivity contribution is 5.98.